The molecule has 0 bridgehead atoms. The molecule has 4 nitrogen and oxygen atoms in total. The summed E-state index contributed by atoms with van der Waals surface area (Å²) in [4.78, 5) is 4.43. The first kappa shape index (κ1) is 21.5. The third kappa shape index (κ3) is 2.95. The highest BCUT2D eigenvalue weighted by molar-refractivity contribution is 5.85. The second-order valence-electron chi connectivity index (χ2n) is 11.0. The number of hydrogen-bond acceptors (Lipinski definition) is 4. The van der Waals surface area contributed by atoms with E-state index >= 15 is 4.39 Å². The molecule has 1 aromatic heterocycles. The molecule has 174 valence electrons. The minimum atomic E-state index is -1.87. The van der Waals surface area contributed by atoms with Gasteiger partial charge in [0.05, 0.1) is 17.2 Å². The number of aromatic nitrogens is 1. The molecule has 2 saturated carbocycles. The second-order valence-corrected chi connectivity index (χ2v) is 11.0. The summed E-state index contributed by atoms with van der Waals surface area (Å²) in [5.41, 5.74) is 0.327. The molecule has 7 atom stereocenters. The Hall–Kier alpha value is -2.08. The first-order valence-corrected chi connectivity index (χ1v) is 12.3. The number of pyridine rings is 1. The van der Waals surface area contributed by atoms with Gasteiger partial charge in [0.25, 0.3) is 0 Å². The first-order chi connectivity index (χ1) is 15.8. The quantitative estimate of drug-likeness (QED) is 0.551. The number of rotatable bonds is 1. The summed E-state index contributed by atoms with van der Waals surface area (Å²) in [6.07, 6.45) is 7.21. The van der Waals surface area contributed by atoms with Crippen molar-refractivity contribution >= 4 is 16.5 Å². The van der Waals surface area contributed by atoms with Crippen molar-refractivity contribution in [2.45, 2.75) is 75.3 Å². The maximum Gasteiger partial charge on any atom is 0.145 e. The summed E-state index contributed by atoms with van der Waals surface area (Å²) >= 11 is 0. The molecule has 1 heterocycles. The summed E-state index contributed by atoms with van der Waals surface area (Å²) in [6, 6.07) is 10.3. The van der Waals surface area contributed by atoms with Gasteiger partial charge in [0.1, 0.15) is 11.8 Å². The number of allylic oxidation sites excluding steroid dienone is 3. The van der Waals surface area contributed by atoms with Gasteiger partial charge in [-0.25, -0.2) is 4.39 Å². The van der Waals surface area contributed by atoms with Gasteiger partial charge in [0, 0.05) is 29.3 Å². The Bertz CT molecular complexity index is 1180. The Kier molecular flexibility index (Phi) is 4.69. The fourth-order valence-electron chi connectivity index (χ4n) is 7.58. The van der Waals surface area contributed by atoms with Crippen LogP contribution in [-0.4, -0.2) is 43.8 Å². The van der Waals surface area contributed by atoms with Crippen LogP contribution in [0.3, 0.4) is 0 Å². The van der Waals surface area contributed by atoms with Crippen molar-refractivity contribution in [1.29, 1.82) is 0 Å². The van der Waals surface area contributed by atoms with E-state index in [0.29, 0.717) is 44.1 Å². The van der Waals surface area contributed by atoms with Gasteiger partial charge in [-0.05, 0) is 79.4 Å². The van der Waals surface area contributed by atoms with Crippen molar-refractivity contribution in [3.63, 3.8) is 0 Å². The highest BCUT2D eigenvalue weighted by atomic mass is 19.1. The van der Waals surface area contributed by atoms with E-state index in [1.54, 1.807) is 6.20 Å². The lowest BCUT2D eigenvalue weighted by Gasteiger charge is -2.50. The normalized spacial score (nSPS) is 42.6. The van der Waals surface area contributed by atoms with Gasteiger partial charge < -0.3 is 15.3 Å². The molecule has 0 spiro atoms. The van der Waals surface area contributed by atoms with Crippen LogP contribution < -0.4 is 0 Å². The van der Waals surface area contributed by atoms with Crippen LogP contribution in [0.25, 0.3) is 16.5 Å². The van der Waals surface area contributed by atoms with Gasteiger partial charge in [-0.15, -0.1) is 0 Å². The van der Waals surface area contributed by atoms with Gasteiger partial charge in [0.2, 0.25) is 0 Å². The molecule has 0 amide bonds. The van der Waals surface area contributed by atoms with Crippen molar-refractivity contribution in [1.82, 2.24) is 4.98 Å². The van der Waals surface area contributed by atoms with E-state index in [2.05, 4.69) is 36.2 Å². The van der Waals surface area contributed by atoms with E-state index in [0.717, 1.165) is 16.5 Å². The Morgan fingerprint density at radius 1 is 1.09 bits per heavy atom. The predicted octanol–water partition coefficient (Wildman–Crippen LogP) is 4.73. The van der Waals surface area contributed by atoms with Crippen LogP contribution in [0.4, 0.5) is 4.39 Å². The van der Waals surface area contributed by atoms with E-state index < -0.39 is 23.5 Å². The Labute approximate surface area is 193 Å². The molecule has 2 aromatic rings. The van der Waals surface area contributed by atoms with E-state index in [1.807, 2.05) is 18.2 Å². The van der Waals surface area contributed by atoms with Crippen molar-refractivity contribution in [3.05, 3.63) is 59.8 Å². The van der Waals surface area contributed by atoms with Gasteiger partial charge in [-0.1, -0.05) is 31.2 Å². The molecule has 5 heteroatoms. The van der Waals surface area contributed by atoms with Crippen molar-refractivity contribution in [2.75, 3.05) is 0 Å². The van der Waals surface area contributed by atoms with Crippen LogP contribution in [0, 0.1) is 17.3 Å². The maximum absolute atomic E-state index is 16.2. The van der Waals surface area contributed by atoms with Crippen LogP contribution in [-0.2, 0) is 0 Å². The van der Waals surface area contributed by atoms with Crippen molar-refractivity contribution < 1.29 is 19.7 Å². The Morgan fingerprint density at radius 3 is 2.79 bits per heavy atom. The number of aliphatic hydroxyl groups is 3. The lowest BCUT2D eigenvalue weighted by molar-refractivity contribution is -0.0963. The molecule has 6 rings (SSSR count). The van der Waals surface area contributed by atoms with Crippen molar-refractivity contribution in [3.8, 4) is 0 Å². The summed E-state index contributed by atoms with van der Waals surface area (Å²) in [5.74, 6) is -0.451. The molecular formula is C28H32FNO3. The molecule has 0 saturated heterocycles. The molecule has 0 radical (unpaired) electrons. The zero-order valence-electron chi connectivity index (χ0n) is 19.0. The molecular weight excluding hydrogens is 417 g/mol. The fourth-order valence-corrected chi connectivity index (χ4v) is 7.58. The van der Waals surface area contributed by atoms with E-state index in [-0.39, 0.29) is 23.7 Å². The average molecular weight is 450 g/mol. The lowest BCUT2D eigenvalue weighted by Crippen LogP contribution is -2.55. The number of halogens is 1. The van der Waals surface area contributed by atoms with Gasteiger partial charge in [-0.2, -0.15) is 0 Å². The molecule has 3 N–H and O–H groups in total. The van der Waals surface area contributed by atoms with Crippen LogP contribution >= 0.6 is 0 Å². The summed E-state index contributed by atoms with van der Waals surface area (Å²) in [7, 11) is 0. The van der Waals surface area contributed by atoms with Gasteiger partial charge >= 0.3 is 0 Å². The number of fused-ring (bicyclic) bond motifs is 5. The smallest absolute Gasteiger partial charge is 0.145 e. The number of benzene rings is 1. The molecule has 6 unspecified atom stereocenters. The topological polar surface area (TPSA) is 73.6 Å². The molecule has 2 fully saturated rings. The zero-order valence-corrected chi connectivity index (χ0v) is 19.0. The van der Waals surface area contributed by atoms with Crippen molar-refractivity contribution in [2.24, 2.45) is 17.3 Å². The minimum absolute atomic E-state index is 0.0528. The molecule has 0 aliphatic heterocycles. The maximum atomic E-state index is 16.2. The van der Waals surface area contributed by atoms with E-state index in [9.17, 15) is 15.3 Å². The first-order valence-electron chi connectivity index (χ1n) is 12.3. The fraction of sp³-hybridized carbons (Fsp3) is 0.536. The molecule has 33 heavy (non-hydrogen) atoms. The number of alkyl halides is 1. The zero-order chi connectivity index (χ0) is 23.0. The van der Waals surface area contributed by atoms with Crippen LogP contribution in [0.5, 0.6) is 0 Å². The van der Waals surface area contributed by atoms with E-state index in [1.165, 1.54) is 5.57 Å². The third-order valence-corrected chi connectivity index (χ3v) is 9.38. The molecule has 1 aromatic carbocycles. The SMILES string of the molecule is CC12CC=C3C(O)C4(F)CC(O)CCC4CC[C@]3(O)C1CC=C2c1ccc2ncccc2c1. The summed E-state index contributed by atoms with van der Waals surface area (Å²) in [6.45, 7) is 2.20. The minimum Gasteiger partial charge on any atom is -0.393 e. The largest absolute Gasteiger partial charge is 0.393 e. The monoisotopic (exact) mass is 449 g/mol. The highest BCUT2D eigenvalue weighted by Gasteiger charge is 2.62. The number of aliphatic hydroxyl groups excluding tert-OH is 2. The third-order valence-electron chi connectivity index (χ3n) is 9.38. The summed E-state index contributed by atoms with van der Waals surface area (Å²) in [5, 5.41) is 34.7. The van der Waals surface area contributed by atoms with Crippen LogP contribution in [0.2, 0.25) is 0 Å². The number of nitrogens with zero attached hydrogens (tertiary/aromatic N) is 1. The Morgan fingerprint density at radius 2 is 1.94 bits per heavy atom. The average Bonchev–Trinajstić information content (AvgIpc) is 3.12. The van der Waals surface area contributed by atoms with Crippen LogP contribution in [0.1, 0.15) is 57.4 Å². The lowest BCUT2D eigenvalue weighted by atomic mass is 9.57. The molecule has 4 aliphatic carbocycles. The summed E-state index contributed by atoms with van der Waals surface area (Å²) < 4.78 is 16.2. The number of hydrogen-bond donors (Lipinski definition) is 3. The van der Waals surface area contributed by atoms with Gasteiger partial charge in [0.15, 0.2) is 0 Å². The standard InChI is InChI=1S/C28H32FNO3/c1-26-12-11-22-25(32)27(29)16-20(31)6-5-19(27)10-13-28(22,33)24(26)9-7-21(26)17-4-8-23-18(15-17)3-2-14-30-23/h2-4,7-8,11,14-15,19-20,24-25,31-33H,5-6,9-10,12-13,16H2,1H3/t19?,20?,24?,25?,26?,27?,28-/m1/s1. The predicted molar refractivity (Wildman–Crippen MR) is 126 cm³/mol. The Balaban J connectivity index is 1.40. The van der Waals surface area contributed by atoms with Crippen LogP contribution in [0.15, 0.2) is 54.3 Å². The second kappa shape index (κ2) is 7.21. The van der Waals surface area contributed by atoms with Gasteiger partial charge in [-0.3, -0.25) is 4.98 Å². The van der Waals surface area contributed by atoms with E-state index in [4.69, 9.17) is 0 Å². The molecule has 4 aliphatic rings. The highest BCUT2D eigenvalue weighted by Crippen LogP contribution is 2.63.